The minimum atomic E-state index is -3.83. The van der Waals surface area contributed by atoms with Crippen molar-refractivity contribution in [1.82, 2.24) is 4.31 Å². The Hall–Kier alpha value is -2.27. The fourth-order valence-corrected chi connectivity index (χ4v) is 6.08. The number of fused-ring (bicyclic) bond motifs is 1. The van der Waals surface area contributed by atoms with Crippen LogP contribution >= 0.6 is 11.8 Å². The lowest BCUT2D eigenvalue weighted by Crippen LogP contribution is -2.40. The molecule has 10 heteroatoms. The molecule has 0 fully saturated rings. The highest BCUT2D eigenvalue weighted by Gasteiger charge is 2.37. The second kappa shape index (κ2) is 11.4. The maximum Gasteiger partial charge on any atom is 0.336 e. The van der Waals surface area contributed by atoms with Gasteiger partial charge in [0.15, 0.2) is 6.10 Å². The van der Waals surface area contributed by atoms with Crippen LogP contribution in [0.2, 0.25) is 0 Å². The molecule has 1 aliphatic heterocycles. The molecule has 1 aliphatic rings. The molecule has 0 spiro atoms. The van der Waals surface area contributed by atoms with Crippen molar-refractivity contribution in [1.29, 1.82) is 0 Å². The van der Waals surface area contributed by atoms with Gasteiger partial charge in [-0.3, -0.25) is 0 Å². The molecule has 34 heavy (non-hydrogen) atoms. The number of unbranched alkanes of at least 4 members (excludes halogenated alkanes) is 1. The Bertz CT molecular complexity index is 1090. The van der Waals surface area contributed by atoms with E-state index in [2.05, 4.69) is 11.8 Å². The fourth-order valence-electron chi connectivity index (χ4n) is 3.97. The van der Waals surface area contributed by atoms with E-state index in [1.807, 2.05) is 42.7 Å². The summed E-state index contributed by atoms with van der Waals surface area (Å²) in [5, 5.41) is 9.27. The lowest BCUT2D eigenvalue weighted by molar-refractivity contribution is -0.150. The second-order valence-electron chi connectivity index (χ2n) is 8.11. The molecular weight excluding hydrogens is 476 g/mol. The summed E-state index contributed by atoms with van der Waals surface area (Å²) in [6.07, 6.45) is 3.35. The molecule has 2 atom stereocenters. The van der Waals surface area contributed by atoms with E-state index in [9.17, 15) is 18.3 Å². The van der Waals surface area contributed by atoms with Gasteiger partial charge in [0.25, 0.3) is 0 Å². The van der Waals surface area contributed by atoms with Crippen molar-refractivity contribution in [3.63, 3.8) is 0 Å². The standard InChI is InChI=1S/C24H32N2O6S2/c1-5-6-10-18-15-26(17-11-8-7-9-12-17)19-13-22(33-4)20(32-16-21(31-3)24(27)28)14-23(19)34(29,30)25(18)2/h7-9,11-14,18,21H,5-6,10,15-16H2,1-4H3,(H,27,28)/t18?,21-/m1/s1. The van der Waals surface area contributed by atoms with Crippen LogP contribution in [0, 0.1) is 0 Å². The van der Waals surface area contributed by atoms with E-state index in [1.165, 1.54) is 29.2 Å². The van der Waals surface area contributed by atoms with Crippen molar-refractivity contribution in [2.24, 2.45) is 0 Å². The normalized spacial score (nSPS) is 18.7. The Balaban J connectivity index is 2.15. The average molecular weight is 509 g/mol. The molecule has 1 N–H and O–H groups in total. The molecule has 8 nitrogen and oxygen atoms in total. The molecule has 3 rings (SSSR count). The topological polar surface area (TPSA) is 96.4 Å². The van der Waals surface area contributed by atoms with Gasteiger partial charge in [-0.15, -0.1) is 11.8 Å². The first-order valence-electron chi connectivity index (χ1n) is 11.2. The Morgan fingerprint density at radius 1 is 1.26 bits per heavy atom. The van der Waals surface area contributed by atoms with E-state index < -0.39 is 22.1 Å². The number of sulfonamides is 1. The number of aliphatic carboxylic acids is 1. The lowest BCUT2D eigenvalue weighted by Gasteiger charge is -2.29. The molecule has 186 valence electrons. The zero-order valence-electron chi connectivity index (χ0n) is 19.9. The van der Waals surface area contributed by atoms with Gasteiger partial charge in [0.1, 0.15) is 17.3 Å². The van der Waals surface area contributed by atoms with Crippen molar-refractivity contribution >= 4 is 39.1 Å². The number of hydrogen-bond donors (Lipinski definition) is 1. The zero-order chi connectivity index (χ0) is 24.9. The predicted octanol–water partition coefficient (Wildman–Crippen LogP) is 4.22. The Morgan fingerprint density at radius 2 is 1.97 bits per heavy atom. The summed E-state index contributed by atoms with van der Waals surface area (Å²) in [5.41, 5.74) is 1.48. The summed E-state index contributed by atoms with van der Waals surface area (Å²) in [5.74, 6) is -0.837. The first-order chi connectivity index (χ1) is 16.2. The molecule has 0 aromatic heterocycles. The third-order valence-electron chi connectivity index (χ3n) is 6.01. The number of para-hydroxylation sites is 1. The van der Waals surface area contributed by atoms with Crippen molar-refractivity contribution in [3.8, 4) is 5.75 Å². The molecule has 0 radical (unpaired) electrons. The monoisotopic (exact) mass is 508 g/mol. The van der Waals surface area contributed by atoms with Gasteiger partial charge in [-0.2, -0.15) is 4.31 Å². The minimum absolute atomic E-state index is 0.134. The maximum absolute atomic E-state index is 13.7. The van der Waals surface area contributed by atoms with E-state index >= 15 is 0 Å². The van der Waals surface area contributed by atoms with Crippen LogP contribution in [0.15, 0.2) is 52.3 Å². The summed E-state index contributed by atoms with van der Waals surface area (Å²) in [7, 11) is -0.910. The maximum atomic E-state index is 13.7. The van der Waals surface area contributed by atoms with E-state index in [1.54, 1.807) is 7.05 Å². The third kappa shape index (κ3) is 5.51. The number of carboxylic acid groups (broad SMARTS) is 1. The summed E-state index contributed by atoms with van der Waals surface area (Å²) < 4.78 is 39.7. The summed E-state index contributed by atoms with van der Waals surface area (Å²) in [4.78, 5) is 14.2. The van der Waals surface area contributed by atoms with E-state index in [4.69, 9.17) is 9.47 Å². The first-order valence-corrected chi connectivity index (χ1v) is 13.8. The van der Waals surface area contributed by atoms with Crippen molar-refractivity contribution < 1.29 is 27.8 Å². The van der Waals surface area contributed by atoms with Gasteiger partial charge in [-0.25, -0.2) is 13.2 Å². The smallest absolute Gasteiger partial charge is 0.336 e. The zero-order valence-corrected chi connectivity index (χ0v) is 21.6. The average Bonchev–Trinajstić information content (AvgIpc) is 2.91. The van der Waals surface area contributed by atoms with Crippen LogP contribution in [0.1, 0.15) is 26.2 Å². The van der Waals surface area contributed by atoms with Gasteiger partial charge < -0.3 is 19.5 Å². The van der Waals surface area contributed by atoms with E-state index in [-0.39, 0.29) is 17.5 Å². The van der Waals surface area contributed by atoms with Crippen LogP contribution in [-0.4, -0.2) is 69.5 Å². The minimum Gasteiger partial charge on any atom is -0.489 e. The van der Waals surface area contributed by atoms with E-state index in [0.717, 1.165) is 24.9 Å². The molecule has 0 saturated heterocycles. The predicted molar refractivity (Wildman–Crippen MR) is 134 cm³/mol. The number of carboxylic acids is 1. The van der Waals surface area contributed by atoms with E-state index in [0.29, 0.717) is 22.9 Å². The third-order valence-corrected chi connectivity index (χ3v) is 8.71. The van der Waals surface area contributed by atoms with Gasteiger partial charge in [0.2, 0.25) is 10.0 Å². The summed E-state index contributed by atoms with van der Waals surface area (Å²) in [6.45, 7) is 2.37. The number of nitrogens with zero attached hydrogens (tertiary/aromatic N) is 2. The second-order valence-corrected chi connectivity index (χ2v) is 10.9. The Kier molecular flexibility index (Phi) is 8.86. The van der Waals surface area contributed by atoms with Crippen LogP contribution in [-0.2, 0) is 19.6 Å². The summed E-state index contributed by atoms with van der Waals surface area (Å²) in [6, 6.07) is 12.9. The number of benzene rings is 2. The Labute approximate surface area is 205 Å². The van der Waals surface area contributed by atoms with Crippen LogP contribution < -0.4 is 9.64 Å². The molecule has 2 aromatic carbocycles. The van der Waals surface area contributed by atoms with Crippen molar-refractivity contribution in [3.05, 3.63) is 42.5 Å². The highest BCUT2D eigenvalue weighted by atomic mass is 32.2. The largest absolute Gasteiger partial charge is 0.489 e. The number of thioether (sulfide) groups is 1. The number of likely N-dealkylation sites (N-methyl/N-ethyl adjacent to an activating group) is 1. The van der Waals surface area contributed by atoms with Gasteiger partial charge in [0, 0.05) is 38.5 Å². The van der Waals surface area contributed by atoms with Crippen molar-refractivity contribution in [2.45, 2.75) is 48.1 Å². The number of anilines is 2. The molecule has 0 saturated carbocycles. The number of rotatable bonds is 10. The van der Waals surface area contributed by atoms with Gasteiger partial charge in [-0.1, -0.05) is 38.0 Å². The van der Waals surface area contributed by atoms with Gasteiger partial charge in [-0.05, 0) is 30.9 Å². The van der Waals surface area contributed by atoms with Crippen molar-refractivity contribution in [2.75, 3.05) is 38.5 Å². The van der Waals surface area contributed by atoms with Crippen LogP contribution in [0.25, 0.3) is 0 Å². The van der Waals surface area contributed by atoms with Crippen LogP contribution in [0.5, 0.6) is 5.75 Å². The highest BCUT2D eigenvalue weighted by molar-refractivity contribution is 7.98. The van der Waals surface area contributed by atoms with Gasteiger partial charge in [0.05, 0.1) is 10.6 Å². The molecule has 0 bridgehead atoms. The molecule has 1 unspecified atom stereocenters. The number of carbonyl (C=O) groups is 1. The molecule has 0 amide bonds. The number of methoxy groups -OCH3 is 1. The van der Waals surface area contributed by atoms with Crippen LogP contribution in [0.4, 0.5) is 11.4 Å². The lowest BCUT2D eigenvalue weighted by atomic mass is 10.1. The first kappa shape index (κ1) is 26.3. The SMILES string of the molecule is CCCCC1CN(c2ccccc2)c2cc(SC)c(OC[C@@H](OC)C(=O)O)cc2S(=O)(=O)N1C. The van der Waals surface area contributed by atoms with Gasteiger partial charge >= 0.3 is 5.97 Å². The molecule has 2 aromatic rings. The quantitative estimate of drug-likeness (QED) is 0.477. The molecule has 0 aliphatic carbocycles. The summed E-state index contributed by atoms with van der Waals surface area (Å²) >= 11 is 1.41. The fraction of sp³-hybridized carbons (Fsp3) is 0.458. The molecular formula is C24H32N2O6S2. The van der Waals surface area contributed by atoms with Crippen LogP contribution in [0.3, 0.4) is 0 Å². The molecule has 1 heterocycles. The number of ether oxygens (including phenoxy) is 2. The highest BCUT2D eigenvalue weighted by Crippen LogP contribution is 2.43. The Morgan fingerprint density at radius 3 is 2.56 bits per heavy atom. The number of hydrogen-bond acceptors (Lipinski definition) is 7.